The first-order valence-corrected chi connectivity index (χ1v) is 8.30. The van der Waals surface area contributed by atoms with Gasteiger partial charge in [-0.2, -0.15) is 0 Å². The lowest BCUT2D eigenvalue weighted by Gasteiger charge is -2.18. The lowest BCUT2D eigenvalue weighted by atomic mass is 9.89. The lowest BCUT2D eigenvalue weighted by molar-refractivity contribution is -0.384. The molecule has 2 aromatic rings. The van der Waals surface area contributed by atoms with Crippen molar-refractivity contribution in [1.29, 1.82) is 0 Å². The Balaban J connectivity index is 1.86. The van der Waals surface area contributed by atoms with Crippen molar-refractivity contribution in [3.05, 3.63) is 75.3 Å². The molecule has 0 bridgehead atoms. The standard InChI is InChI=1S/C19H21N3O3/c1-13-7-8-16(22(24)25)9-17(13)19(23)21-11-15(10-20)18(12-21)14-5-3-2-4-6-14/h2-9,15,18H,10-12,20H2,1H3/t15-,18+/m1/s1. The second-order valence-electron chi connectivity index (χ2n) is 6.48. The van der Waals surface area contributed by atoms with Gasteiger partial charge in [0.15, 0.2) is 0 Å². The van der Waals surface area contributed by atoms with Crippen molar-refractivity contribution in [2.24, 2.45) is 11.7 Å². The number of aryl methyl sites for hydroxylation is 1. The molecule has 1 aliphatic rings. The summed E-state index contributed by atoms with van der Waals surface area (Å²) in [5, 5.41) is 11.0. The monoisotopic (exact) mass is 339 g/mol. The van der Waals surface area contributed by atoms with E-state index >= 15 is 0 Å². The number of nitrogens with zero attached hydrogens (tertiary/aromatic N) is 2. The highest BCUT2D eigenvalue weighted by molar-refractivity contribution is 5.96. The number of carbonyl (C=O) groups excluding carboxylic acids is 1. The largest absolute Gasteiger partial charge is 0.338 e. The van der Waals surface area contributed by atoms with E-state index in [2.05, 4.69) is 12.1 Å². The van der Waals surface area contributed by atoms with Crippen LogP contribution in [0.5, 0.6) is 0 Å². The Morgan fingerprint density at radius 2 is 1.96 bits per heavy atom. The minimum atomic E-state index is -0.477. The van der Waals surface area contributed by atoms with Gasteiger partial charge in [0, 0.05) is 36.7 Å². The van der Waals surface area contributed by atoms with Gasteiger partial charge in [-0.1, -0.05) is 36.4 Å². The van der Waals surface area contributed by atoms with Gasteiger partial charge >= 0.3 is 0 Å². The molecule has 0 aromatic heterocycles. The number of amides is 1. The van der Waals surface area contributed by atoms with E-state index in [1.54, 1.807) is 17.9 Å². The van der Waals surface area contributed by atoms with E-state index in [0.29, 0.717) is 25.2 Å². The second-order valence-corrected chi connectivity index (χ2v) is 6.48. The van der Waals surface area contributed by atoms with E-state index in [1.807, 2.05) is 18.2 Å². The minimum Gasteiger partial charge on any atom is -0.338 e. The van der Waals surface area contributed by atoms with Crippen molar-refractivity contribution in [3.8, 4) is 0 Å². The third-order valence-corrected chi connectivity index (χ3v) is 4.92. The molecule has 3 rings (SSSR count). The van der Waals surface area contributed by atoms with E-state index in [1.165, 1.54) is 17.7 Å². The maximum absolute atomic E-state index is 12.9. The molecule has 0 spiro atoms. The highest BCUT2D eigenvalue weighted by atomic mass is 16.6. The van der Waals surface area contributed by atoms with Gasteiger partial charge in [-0.3, -0.25) is 14.9 Å². The summed E-state index contributed by atoms with van der Waals surface area (Å²) in [6.45, 7) is 3.43. The van der Waals surface area contributed by atoms with Gasteiger partial charge in [-0.25, -0.2) is 0 Å². The molecule has 2 aromatic carbocycles. The Morgan fingerprint density at radius 1 is 1.24 bits per heavy atom. The van der Waals surface area contributed by atoms with Crippen molar-refractivity contribution in [1.82, 2.24) is 4.90 Å². The number of nitrogens with two attached hydrogens (primary N) is 1. The van der Waals surface area contributed by atoms with Crippen LogP contribution in [0.4, 0.5) is 5.69 Å². The predicted molar refractivity (Wildman–Crippen MR) is 95.5 cm³/mol. The third-order valence-electron chi connectivity index (χ3n) is 4.92. The smallest absolute Gasteiger partial charge is 0.270 e. The zero-order valence-electron chi connectivity index (χ0n) is 14.1. The van der Waals surface area contributed by atoms with Gasteiger partial charge in [0.1, 0.15) is 0 Å². The first-order chi connectivity index (χ1) is 12.0. The third kappa shape index (κ3) is 3.39. The van der Waals surface area contributed by atoms with Crippen molar-refractivity contribution < 1.29 is 9.72 Å². The lowest BCUT2D eigenvalue weighted by Crippen LogP contribution is -2.30. The average molecular weight is 339 g/mol. The van der Waals surface area contributed by atoms with Gasteiger partial charge in [-0.05, 0) is 30.5 Å². The minimum absolute atomic E-state index is 0.0665. The summed E-state index contributed by atoms with van der Waals surface area (Å²) in [6, 6.07) is 14.5. The van der Waals surface area contributed by atoms with Crippen LogP contribution >= 0.6 is 0 Å². The van der Waals surface area contributed by atoms with Gasteiger partial charge in [-0.15, -0.1) is 0 Å². The second kappa shape index (κ2) is 7.03. The number of likely N-dealkylation sites (tertiary alicyclic amines) is 1. The number of rotatable bonds is 4. The Hall–Kier alpha value is -2.73. The Kier molecular flexibility index (Phi) is 4.81. The molecular weight excluding hydrogens is 318 g/mol. The van der Waals surface area contributed by atoms with Gasteiger partial charge in [0.05, 0.1) is 4.92 Å². The molecule has 6 nitrogen and oxygen atoms in total. The summed E-state index contributed by atoms with van der Waals surface area (Å²) in [5.41, 5.74) is 8.16. The molecule has 1 heterocycles. The molecule has 1 fully saturated rings. The van der Waals surface area contributed by atoms with Crippen LogP contribution in [0.3, 0.4) is 0 Å². The number of non-ortho nitro benzene ring substituents is 1. The number of nitro benzene ring substituents is 1. The predicted octanol–water partition coefficient (Wildman–Crippen LogP) is 2.72. The molecule has 0 radical (unpaired) electrons. The number of benzene rings is 2. The van der Waals surface area contributed by atoms with Gasteiger partial charge < -0.3 is 10.6 Å². The Labute approximate surface area is 146 Å². The number of hydrogen-bond donors (Lipinski definition) is 1. The molecule has 0 saturated carbocycles. The number of hydrogen-bond acceptors (Lipinski definition) is 4. The molecule has 1 amide bonds. The Morgan fingerprint density at radius 3 is 2.60 bits per heavy atom. The Bertz CT molecular complexity index is 792. The van der Waals surface area contributed by atoms with Crippen molar-refractivity contribution in [3.63, 3.8) is 0 Å². The summed E-state index contributed by atoms with van der Waals surface area (Å²) in [6.07, 6.45) is 0. The summed E-state index contributed by atoms with van der Waals surface area (Å²) < 4.78 is 0. The van der Waals surface area contributed by atoms with Crippen LogP contribution in [-0.2, 0) is 0 Å². The van der Waals surface area contributed by atoms with Crippen molar-refractivity contribution in [2.75, 3.05) is 19.6 Å². The zero-order chi connectivity index (χ0) is 18.0. The van der Waals surface area contributed by atoms with E-state index in [0.717, 1.165) is 5.56 Å². The quantitative estimate of drug-likeness (QED) is 0.685. The zero-order valence-corrected chi connectivity index (χ0v) is 14.1. The fourth-order valence-corrected chi connectivity index (χ4v) is 3.48. The summed E-state index contributed by atoms with van der Waals surface area (Å²) in [5.74, 6) is 0.206. The van der Waals surface area contributed by atoms with Crippen LogP contribution < -0.4 is 5.73 Å². The number of nitro groups is 1. The highest BCUT2D eigenvalue weighted by Crippen LogP contribution is 2.33. The van der Waals surface area contributed by atoms with Gasteiger partial charge in [0.25, 0.3) is 11.6 Å². The van der Waals surface area contributed by atoms with Crippen LogP contribution in [0.1, 0.15) is 27.4 Å². The maximum atomic E-state index is 12.9. The summed E-state index contributed by atoms with van der Waals surface area (Å²) in [4.78, 5) is 25.2. The average Bonchev–Trinajstić information content (AvgIpc) is 3.06. The molecule has 2 atom stereocenters. The van der Waals surface area contributed by atoms with Crippen LogP contribution in [0.15, 0.2) is 48.5 Å². The fourth-order valence-electron chi connectivity index (χ4n) is 3.48. The van der Waals surface area contributed by atoms with Crippen LogP contribution in [0, 0.1) is 23.0 Å². The van der Waals surface area contributed by atoms with E-state index in [-0.39, 0.29) is 23.4 Å². The summed E-state index contributed by atoms with van der Waals surface area (Å²) >= 11 is 0. The fraction of sp³-hybridized carbons (Fsp3) is 0.316. The molecule has 25 heavy (non-hydrogen) atoms. The van der Waals surface area contributed by atoms with E-state index in [4.69, 9.17) is 5.73 Å². The first-order valence-electron chi connectivity index (χ1n) is 8.30. The van der Waals surface area contributed by atoms with Crippen molar-refractivity contribution in [2.45, 2.75) is 12.8 Å². The molecule has 1 aliphatic heterocycles. The topological polar surface area (TPSA) is 89.5 Å². The molecule has 130 valence electrons. The first kappa shape index (κ1) is 17.1. The highest BCUT2D eigenvalue weighted by Gasteiger charge is 2.36. The molecule has 6 heteroatoms. The molecule has 2 N–H and O–H groups in total. The van der Waals surface area contributed by atoms with Crippen LogP contribution in [0.2, 0.25) is 0 Å². The van der Waals surface area contributed by atoms with Gasteiger partial charge in [0.2, 0.25) is 0 Å². The SMILES string of the molecule is Cc1ccc([N+](=O)[O-])cc1C(=O)N1C[C@@H](CN)[C@H](c2ccccc2)C1. The van der Waals surface area contributed by atoms with Crippen LogP contribution in [-0.4, -0.2) is 35.4 Å². The maximum Gasteiger partial charge on any atom is 0.270 e. The van der Waals surface area contributed by atoms with Crippen LogP contribution in [0.25, 0.3) is 0 Å². The molecular formula is C19H21N3O3. The normalized spacial score (nSPS) is 19.8. The number of carbonyl (C=O) groups is 1. The molecule has 1 saturated heterocycles. The molecule has 0 unspecified atom stereocenters. The van der Waals surface area contributed by atoms with E-state index < -0.39 is 4.92 Å². The molecule has 0 aliphatic carbocycles. The van der Waals surface area contributed by atoms with E-state index in [9.17, 15) is 14.9 Å². The van der Waals surface area contributed by atoms with Crippen molar-refractivity contribution >= 4 is 11.6 Å². The summed E-state index contributed by atoms with van der Waals surface area (Å²) in [7, 11) is 0.